The van der Waals surface area contributed by atoms with E-state index in [0.29, 0.717) is 6.61 Å². The van der Waals surface area contributed by atoms with Crippen LogP contribution in [0.4, 0.5) is 0 Å². The maximum absolute atomic E-state index is 11.7. The van der Waals surface area contributed by atoms with E-state index in [1.165, 1.54) is 5.57 Å². The van der Waals surface area contributed by atoms with E-state index in [9.17, 15) is 4.79 Å². The van der Waals surface area contributed by atoms with Crippen LogP contribution in [0.15, 0.2) is 23.3 Å². The number of carbonyl (C=O) groups is 1. The summed E-state index contributed by atoms with van der Waals surface area (Å²) in [6.45, 7) is 6.86. The predicted molar refractivity (Wildman–Crippen MR) is 74.8 cm³/mol. The number of halogens is 1. The number of carbonyl (C=O) groups excluding carboxylic acids is 1. The smallest absolute Gasteiger partial charge is 0.235 e. The minimum absolute atomic E-state index is 0.0164. The molecule has 0 bridgehead atoms. The molecule has 0 radical (unpaired) electrons. The van der Waals surface area contributed by atoms with Gasteiger partial charge in [0.25, 0.3) is 0 Å². The molecular weight excluding hydrogens is 250 g/mol. The zero-order valence-electron chi connectivity index (χ0n) is 11.5. The van der Waals surface area contributed by atoms with Gasteiger partial charge in [0.2, 0.25) is 5.91 Å². The Morgan fingerprint density at radius 3 is 2.72 bits per heavy atom. The normalized spacial score (nSPS) is 27.5. The third kappa shape index (κ3) is 2.96. The van der Waals surface area contributed by atoms with Crippen molar-refractivity contribution in [3.8, 4) is 0 Å². The van der Waals surface area contributed by atoms with Gasteiger partial charge in [0, 0.05) is 19.6 Å². The van der Waals surface area contributed by atoms with E-state index in [-0.39, 0.29) is 23.2 Å². The van der Waals surface area contributed by atoms with Gasteiger partial charge < -0.3 is 10.1 Å². The Kier molecular flexibility index (Phi) is 5.42. The van der Waals surface area contributed by atoms with E-state index in [0.717, 1.165) is 12.0 Å². The van der Waals surface area contributed by atoms with Crippen LogP contribution in [0.5, 0.6) is 0 Å². The van der Waals surface area contributed by atoms with Gasteiger partial charge in [0.15, 0.2) is 0 Å². The lowest BCUT2D eigenvalue weighted by atomic mass is 9.70. The van der Waals surface area contributed by atoms with Crippen molar-refractivity contribution in [2.75, 3.05) is 19.6 Å². The fraction of sp³-hybridized carbons (Fsp3) is 0.643. The van der Waals surface area contributed by atoms with Gasteiger partial charge in [-0.05, 0) is 25.8 Å². The van der Waals surface area contributed by atoms with Gasteiger partial charge in [-0.2, -0.15) is 0 Å². The summed E-state index contributed by atoms with van der Waals surface area (Å²) in [5, 5.41) is 3.09. The first kappa shape index (κ1) is 15.3. The number of nitrogens with one attached hydrogen (secondary N) is 1. The van der Waals surface area contributed by atoms with Crippen molar-refractivity contribution in [3.63, 3.8) is 0 Å². The van der Waals surface area contributed by atoms with Crippen molar-refractivity contribution in [1.82, 2.24) is 5.32 Å². The van der Waals surface area contributed by atoms with Gasteiger partial charge >= 0.3 is 0 Å². The molecule has 0 fully saturated rings. The number of rotatable bonds is 5. The second-order valence-corrected chi connectivity index (χ2v) is 5.15. The molecule has 0 spiro atoms. The first-order chi connectivity index (χ1) is 8.47. The number of amides is 1. The average molecular weight is 272 g/mol. The highest BCUT2D eigenvalue weighted by molar-refractivity contribution is 6.27. The van der Waals surface area contributed by atoms with Crippen LogP contribution in [0.1, 0.15) is 27.2 Å². The van der Waals surface area contributed by atoms with Crippen molar-refractivity contribution in [2.24, 2.45) is 5.92 Å². The molecule has 2 atom stereocenters. The molecule has 0 aromatic carbocycles. The van der Waals surface area contributed by atoms with Crippen LogP contribution in [0.25, 0.3) is 0 Å². The van der Waals surface area contributed by atoms with Crippen LogP contribution in [-0.4, -0.2) is 31.0 Å². The fourth-order valence-corrected chi connectivity index (χ4v) is 2.57. The number of hydrogen-bond donors (Lipinski definition) is 1. The van der Waals surface area contributed by atoms with Gasteiger partial charge in [0.1, 0.15) is 5.88 Å². The molecule has 0 saturated heterocycles. The molecule has 1 aliphatic rings. The molecule has 0 aliphatic heterocycles. The molecule has 102 valence electrons. The summed E-state index contributed by atoms with van der Waals surface area (Å²) in [6, 6.07) is 0. The van der Waals surface area contributed by atoms with Crippen molar-refractivity contribution in [2.45, 2.75) is 32.7 Å². The van der Waals surface area contributed by atoms with Crippen LogP contribution >= 0.6 is 11.6 Å². The first-order valence-electron chi connectivity index (χ1n) is 6.19. The van der Waals surface area contributed by atoms with Crippen LogP contribution in [0.3, 0.4) is 0 Å². The lowest BCUT2D eigenvalue weighted by molar-refractivity contribution is -0.120. The third-order valence-corrected chi connectivity index (χ3v) is 4.15. The van der Waals surface area contributed by atoms with Crippen molar-refractivity contribution < 1.29 is 9.53 Å². The Morgan fingerprint density at radius 2 is 2.17 bits per heavy atom. The van der Waals surface area contributed by atoms with Crippen LogP contribution in [0, 0.1) is 5.92 Å². The second-order valence-electron chi connectivity index (χ2n) is 4.88. The monoisotopic (exact) mass is 271 g/mol. The minimum Gasteiger partial charge on any atom is -0.385 e. The molecule has 18 heavy (non-hydrogen) atoms. The van der Waals surface area contributed by atoms with Crippen LogP contribution in [-0.2, 0) is 9.53 Å². The van der Waals surface area contributed by atoms with E-state index in [1.807, 2.05) is 6.92 Å². The Bertz CT molecular complexity index is 376. The molecule has 1 aliphatic carbocycles. The van der Waals surface area contributed by atoms with E-state index < -0.39 is 0 Å². The Balaban J connectivity index is 3.06. The van der Waals surface area contributed by atoms with E-state index in [1.54, 1.807) is 7.11 Å². The quantitative estimate of drug-likeness (QED) is 0.781. The van der Waals surface area contributed by atoms with Gasteiger partial charge in [-0.1, -0.05) is 24.6 Å². The SMILES string of the molecule is COCCC1(NC(=O)CCl)C(C)=CC=C(C)C1C. The second kappa shape index (κ2) is 6.39. The van der Waals surface area contributed by atoms with Gasteiger partial charge in [-0.15, -0.1) is 11.6 Å². The van der Waals surface area contributed by atoms with E-state index in [2.05, 4.69) is 31.3 Å². The number of alkyl halides is 1. The Hall–Kier alpha value is -0.800. The summed E-state index contributed by atoms with van der Waals surface area (Å²) in [5.41, 5.74) is 2.03. The zero-order chi connectivity index (χ0) is 13.8. The largest absolute Gasteiger partial charge is 0.385 e. The minimum atomic E-state index is -0.374. The summed E-state index contributed by atoms with van der Waals surface area (Å²) >= 11 is 5.62. The summed E-state index contributed by atoms with van der Waals surface area (Å²) in [5.74, 6) is 0.0872. The van der Waals surface area contributed by atoms with Crippen LogP contribution in [0.2, 0.25) is 0 Å². The van der Waals surface area contributed by atoms with E-state index >= 15 is 0 Å². The molecular formula is C14H22ClNO2. The zero-order valence-corrected chi connectivity index (χ0v) is 12.3. The fourth-order valence-electron chi connectivity index (χ4n) is 2.51. The summed E-state index contributed by atoms with van der Waals surface area (Å²) in [6.07, 6.45) is 4.93. The highest BCUT2D eigenvalue weighted by Crippen LogP contribution is 2.37. The Labute approximate surface area is 114 Å². The summed E-state index contributed by atoms with van der Waals surface area (Å²) in [4.78, 5) is 11.7. The standard InChI is InChI=1S/C14H22ClNO2/c1-10-5-6-11(2)14(12(10)3,7-8-18-4)16-13(17)9-15/h5-6,12H,7-9H2,1-4H3,(H,16,17). The summed E-state index contributed by atoms with van der Waals surface area (Å²) in [7, 11) is 1.67. The molecule has 2 unspecified atom stereocenters. The topological polar surface area (TPSA) is 38.3 Å². The molecule has 0 aromatic heterocycles. The lowest BCUT2D eigenvalue weighted by Crippen LogP contribution is -2.56. The predicted octanol–water partition coefficient (Wildman–Crippen LogP) is 2.66. The maximum Gasteiger partial charge on any atom is 0.235 e. The van der Waals surface area contributed by atoms with Gasteiger partial charge in [-0.25, -0.2) is 0 Å². The number of allylic oxidation sites excluding steroid dienone is 2. The highest BCUT2D eigenvalue weighted by atomic mass is 35.5. The lowest BCUT2D eigenvalue weighted by Gasteiger charge is -2.43. The summed E-state index contributed by atoms with van der Waals surface area (Å²) < 4.78 is 5.19. The van der Waals surface area contributed by atoms with Crippen LogP contribution < -0.4 is 5.32 Å². The number of methoxy groups -OCH3 is 1. The molecule has 4 heteroatoms. The maximum atomic E-state index is 11.7. The molecule has 0 aromatic rings. The molecule has 1 amide bonds. The van der Waals surface area contributed by atoms with Crippen molar-refractivity contribution >= 4 is 17.5 Å². The van der Waals surface area contributed by atoms with Gasteiger partial charge in [-0.3, -0.25) is 4.79 Å². The highest BCUT2D eigenvalue weighted by Gasteiger charge is 2.40. The van der Waals surface area contributed by atoms with Crippen molar-refractivity contribution in [1.29, 1.82) is 0 Å². The van der Waals surface area contributed by atoms with E-state index in [4.69, 9.17) is 16.3 Å². The molecule has 1 N–H and O–H groups in total. The molecule has 3 nitrogen and oxygen atoms in total. The number of ether oxygens (including phenoxy) is 1. The third-order valence-electron chi connectivity index (χ3n) is 3.91. The molecule has 0 heterocycles. The van der Waals surface area contributed by atoms with Crippen molar-refractivity contribution in [3.05, 3.63) is 23.3 Å². The number of hydrogen-bond acceptors (Lipinski definition) is 2. The van der Waals surface area contributed by atoms with Gasteiger partial charge in [0.05, 0.1) is 5.54 Å². The molecule has 0 saturated carbocycles. The first-order valence-corrected chi connectivity index (χ1v) is 6.73. The molecule has 1 rings (SSSR count). The Morgan fingerprint density at radius 1 is 1.50 bits per heavy atom. The average Bonchev–Trinajstić information content (AvgIpc) is 2.37.